The van der Waals surface area contributed by atoms with E-state index >= 15 is 0 Å². The summed E-state index contributed by atoms with van der Waals surface area (Å²) >= 11 is 0. The van der Waals surface area contributed by atoms with Crippen molar-refractivity contribution >= 4 is 0 Å². The molecular weight excluding hydrogens is 248 g/mol. The van der Waals surface area contributed by atoms with Crippen LogP contribution in [0.5, 0.6) is 5.75 Å². The van der Waals surface area contributed by atoms with Gasteiger partial charge in [-0.1, -0.05) is 26.8 Å². The molecule has 3 unspecified atom stereocenters. The number of rotatable bonds is 5. The zero-order valence-electron chi connectivity index (χ0n) is 11.7. The number of hydrogen-bond acceptors (Lipinski definition) is 2. The molecule has 1 saturated carbocycles. The highest BCUT2D eigenvalue weighted by molar-refractivity contribution is 5.27. The Bertz CT molecular complexity index is 432. The molecule has 1 aliphatic rings. The van der Waals surface area contributed by atoms with E-state index in [-0.39, 0.29) is 17.3 Å². The van der Waals surface area contributed by atoms with Crippen LogP contribution in [0.1, 0.15) is 33.6 Å². The zero-order chi connectivity index (χ0) is 14.0. The molecule has 1 fully saturated rings. The van der Waals surface area contributed by atoms with Crippen molar-refractivity contribution in [2.75, 3.05) is 6.54 Å². The first-order valence-electron chi connectivity index (χ1n) is 6.87. The van der Waals surface area contributed by atoms with Crippen LogP contribution in [0.25, 0.3) is 0 Å². The Kier molecular flexibility index (Phi) is 4.09. The van der Waals surface area contributed by atoms with E-state index in [1.807, 2.05) is 0 Å². The minimum absolute atomic E-state index is 0.0786. The van der Waals surface area contributed by atoms with E-state index in [1.165, 1.54) is 18.2 Å². The maximum atomic E-state index is 13.6. The van der Waals surface area contributed by atoms with E-state index in [0.717, 1.165) is 19.4 Å². The summed E-state index contributed by atoms with van der Waals surface area (Å²) in [6.45, 7) is 7.13. The molecule has 0 aliphatic heterocycles. The molecule has 1 aromatic rings. The maximum absolute atomic E-state index is 13.6. The Morgan fingerprint density at radius 3 is 2.47 bits per heavy atom. The molecule has 2 nitrogen and oxygen atoms in total. The average Bonchev–Trinajstić information content (AvgIpc) is 2.39. The van der Waals surface area contributed by atoms with Crippen molar-refractivity contribution in [1.29, 1.82) is 0 Å². The largest absolute Gasteiger partial charge is 0.484 e. The van der Waals surface area contributed by atoms with E-state index in [2.05, 4.69) is 26.1 Å². The molecular formula is C15H21F2NO. The van der Waals surface area contributed by atoms with Crippen molar-refractivity contribution in [3.63, 3.8) is 0 Å². The van der Waals surface area contributed by atoms with Gasteiger partial charge >= 0.3 is 0 Å². The van der Waals surface area contributed by atoms with Crippen LogP contribution in [-0.4, -0.2) is 18.7 Å². The lowest BCUT2D eigenvalue weighted by Gasteiger charge is -2.53. The van der Waals surface area contributed by atoms with Crippen molar-refractivity contribution in [3.05, 3.63) is 29.8 Å². The monoisotopic (exact) mass is 269 g/mol. The first kappa shape index (κ1) is 14.3. The second kappa shape index (κ2) is 5.45. The highest BCUT2D eigenvalue weighted by Gasteiger charge is 2.52. The van der Waals surface area contributed by atoms with Crippen LogP contribution in [0.15, 0.2) is 18.2 Å². The molecule has 1 aliphatic carbocycles. The van der Waals surface area contributed by atoms with Crippen LogP contribution in [0, 0.1) is 17.0 Å². The Hall–Kier alpha value is -1.16. The minimum Gasteiger partial charge on any atom is -0.484 e. The molecule has 3 atom stereocenters. The highest BCUT2D eigenvalue weighted by Crippen LogP contribution is 2.46. The molecule has 4 heteroatoms. The van der Waals surface area contributed by atoms with E-state index in [9.17, 15) is 8.78 Å². The number of nitrogens with one attached hydrogen (secondary N) is 1. The molecule has 0 bridgehead atoms. The topological polar surface area (TPSA) is 21.3 Å². The van der Waals surface area contributed by atoms with Gasteiger partial charge in [-0.25, -0.2) is 8.78 Å². The third kappa shape index (κ3) is 2.46. The van der Waals surface area contributed by atoms with Gasteiger partial charge in [0.2, 0.25) is 0 Å². The van der Waals surface area contributed by atoms with E-state index in [4.69, 9.17) is 4.74 Å². The normalized spacial score (nSPS) is 29.9. The van der Waals surface area contributed by atoms with Crippen molar-refractivity contribution in [3.8, 4) is 5.75 Å². The second-order valence-electron chi connectivity index (χ2n) is 5.36. The fourth-order valence-corrected chi connectivity index (χ4v) is 2.77. The van der Waals surface area contributed by atoms with Gasteiger partial charge in [0.25, 0.3) is 0 Å². The smallest absolute Gasteiger partial charge is 0.191 e. The maximum Gasteiger partial charge on any atom is 0.191 e. The number of benzene rings is 1. The van der Waals surface area contributed by atoms with E-state index in [0.29, 0.717) is 6.04 Å². The van der Waals surface area contributed by atoms with Crippen molar-refractivity contribution in [2.24, 2.45) is 5.41 Å². The van der Waals surface area contributed by atoms with Crippen molar-refractivity contribution < 1.29 is 13.5 Å². The van der Waals surface area contributed by atoms with Crippen LogP contribution >= 0.6 is 0 Å². The van der Waals surface area contributed by atoms with Gasteiger partial charge in [0.05, 0.1) is 0 Å². The lowest BCUT2D eigenvalue weighted by atomic mass is 9.61. The molecule has 0 heterocycles. The van der Waals surface area contributed by atoms with Crippen molar-refractivity contribution in [2.45, 2.75) is 45.8 Å². The predicted molar refractivity (Wildman–Crippen MR) is 71.3 cm³/mol. The molecule has 1 aromatic carbocycles. The molecule has 106 valence electrons. The molecule has 2 rings (SSSR count). The second-order valence-corrected chi connectivity index (χ2v) is 5.36. The summed E-state index contributed by atoms with van der Waals surface area (Å²) in [4.78, 5) is 0. The van der Waals surface area contributed by atoms with Crippen LogP contribution < -0.4 is 10.1 Å². The van der Waals surface area contributed by atoms with E-state index in [1.54, 1.807) is 0 Å². The standard InChI is InChI=1S/C15H21F2NO/c1-4-15(3)12(18-5-2)9-13(15)19-14-10(16)7-6-8-11(14)17/h6-8,12-13,18H,4-5,9H2,1-3H3. The van der Waals surface area contributed by atoms with E-state index < -0.39 is 11.6 Å². The molecule has 19 heavy (non-hydrogen) atoms. The Labute approximate surface area is 113 Å². The van der Waals surface area contributed by atoms with Crippen LogP contribution in [0.3, 0.4) is 0 Å². The predicted octanol–water partition coefficient (Wildman–Crippen LogP) is 3.51. The van der Waals surface area contributed by atoms with Gasteiger partial charge in [-0.2, -0.15) is 0 Å². The van der Waals surface area contributed by atoms with Crippen LogP contribution in [-0.2, 0) is 0 Å². The quantitative estimate of drug-likeness (QED) is 0.883. The Morgan fingerprint density at radius 1 is 1.32 bits per heavy atom. The summed E-state index contributed by atoms with van der Waals surface area (Å²) in [5.74, 6) is -1.52. The SMILES string of the molecule is CCNC1CC(Oc2c(F)cccc2F)C1(C)CC. The third-order valence-electron chi connectivity index (χ3n) is 4.37. The lowest BCUT2D eigenvalue weighted by molar-refractivity contribution is -0.0728. The molecule has 1 N–H and O–H groups in total. The van der Waals surface area contributed by atoms with Gasteiger partial charge in [-0.05, 0) is 25.1 Å². The minimum atomic E-state index is -0.634. The Morgan fingerprint density at radius 2 is 1.95 bits per heavy atom. The number of hydrogen-bond donors (Lipinski definition) is 1. The summed E-state index contributed by atoms with van der Waals surface area (Å²) in [6, 6.07) is 4.14. The zero-order valence-corrected chi connectivity index (χ0v) is 11.7. The number of para-hydroxylation sites is 1. The average molecular weight is 269 g/mol. The number of ether oxygens (including phenoxy) is 1. The molecule has 0 aromatic heterocycles. The summed E-state index contributed by atoms with van der Waals surface area (Å²) < 4.78 is 32.8. The van der Waals surface area contributed by atoms with Crippen LogP contribution in [0.4, 0.5) is 8.78 Å². The first-order chi connectivity index (χ1) is 9.02. The molecule has 0 radical (unpaired) electrons. The van der Waals surface area contributed by atoms with Gasteiger partial charge in [-0.3, -0.25) is 0 Å². The molecule has 0 spiro atoms. The summed E-state index contributed by atoms with van der Waals surface area (Å²) in [7, 11) is 0. The van der Waals surface area contributed by atoms with Gasteiger partial charge in [0.15, 0.2) is 17.4 Å². The van der Waals surface area contributed by atoms with Gasteiger partial charge < -0.3 is 10.1 Å². The third-order valence-corrected chi connectivity index (χ3v) is 4.37. The number of halogens is 2. The Balaban J connectivity index is 2.12. The van der Waals surface area contributed by atoms with Crippen molar-refractivity contribution in [1.82, 2.24) is 5.32 Å². The lowest BCUT2D eigenvalue weighted by Crippen LogP contribution is -2.63. The molecule has 0 saturated heterocycles. The van der Waals surface area contributed by atoms with Crippen LogP contribution in [0.2, 0.25) is 0 Å². The van der Waals surface area contributed by atoms with Gasteiger partial charge in [-0.15, -0.1) is 0 Å². The van der Waals surface area contributed by atoms with Gasteiger partial charge in [0.1, 0.15) is 6.10 Å². The fourth-order valence-electron chi connectivity index (χ4n) is 2.77. The fraction of sp³-hybridized carbons (Fsp3) is 0.600. The van der Waals surface area contributed by atoms with Gasteiger partial charge in [0, 0.05) is 17.9 Å². The molecule has 0 amide bonds. The summed E-state index contributed by atoms with van der Waals surface area (Å²) in [5.41, 5.74) is -0.0786. The first-order valence-corrected chi connectivity index (χ1v) is 6.87. The highest BCUT2D eigenvalue weighted by atomic mass is 19.1. The summed E-state index contributed by atoms with van der Waals surface area (Å²) in [5, 5.41) is 3.40. The summed E-state index contributed by atoms with van der Waals surface area (Å²) in [6.07, 6.45) is 1.55.